The quantitative estimate of drug-likeness (QED) is 0.862. The van der Waals surface area contributed by atoms with Gasteiger partial charge in [0.1, 0.15) is 11.4 Å². The lowest BCUT2D eigenvalue weighted by molar-refractivity contribution is 0.0995. The van der Waals surface area contributed by atoms with Crippen molar-refractivity contribution in [1.82, 2.24) is 9.97 Å². The number of aromatic nitrogens is 2. The van der Waals surface area contributed by atoms with Gasteiger partial charge >= 0.3 is 0 Å². The van der Waals surface area contributed by atoms with Crippen molar-refractivity contribution in [3.8, 4) is 0 Å². The lowest BCUT2D eigenvalue weighted by Gasteiger charge is -1.90. The van der Waals surface area contributed by atoms with Crippen LogP contribution in [0.1, 0.15) is 21.0 Å². The molecule has 0 aromatic carbocycles. The molecule has 5 nitrogen and oxygen atoms in total. The molecule has 0 atom stereocenters. The summed E-state index contributed by atoms with van der Waals surface area (Å²) in [6.45, 7) is 0. The molecule has 2 N–H and O–H groups in total. The Balaban J connectivity index is 0.000000191. The second-order valence-electron chi connectivity index (χ2n) is 3.21. The first-order chi connectivity index (χ1) is 9.00. The summed E-state index contributed by atoms with van der Waals surface area (Å²) in [6.07, 6.45) is 2.96. The zero-order valence-corrected chi connectivity index (χ0v) is 11.1. The van der Waals surface area contributed by atoms with Crippen LogP contribution in [0.5, 0.6) is 0 Å². The third kappa shape index (κ3) is 5.46. The van der Waals surface area contributed by atoms with Crippen LogP contribution in [0.4, 0.5) is 0 Å². The van der Waals surface area contributed by atoms with Gasteiger partial charge in [0.15, 0.2) is 0 Å². The summed E-state index contributed by atoms with van der Waals surface area (Å²) in [7, 11) is 0. The number of nitrogens with two attached hydrogens (primary N) is 1. The summed E-state index contributed by atoms with van der Waals surface area (Å²) in [6, 6.07) is 8.00. The monoisotopic (exact) mass is 297 g/mol. The van der Waals surface area contributed by atoms with Crippen molar-refractivity contribution >= 4 is 34.4 Å². The van der Waals surface area contributed by atoms with E-state index in [4.69, 9.17) is 28.9 Å². The van der Waals surface area contributed by atoms with Crippen molar-refractivity contribution < 1.29 is 9.59 Å². The van der Waals surface area contributed by atoms with E-state index >= 15 is 0 Å². The number of hydrogen-bond acceptors (Lipinski definition) is 4. The number of carbonyl (C=O) groups excluding carboxylic acids is 2. The summed E-state index contributed by atoms with van der Waals surface area (Å²) in [5.74, 6) is -0.490. The molecule has 2 aromatic heterocycles. The second-order valence-corrected chi connectivity index (χ2v) is 3.99. The van der Waals surface area contributed by atoms with Crippen molar-refractivity contribution in [1.29, 1.82) is 0 Å². The smallest absolute Gasteiger partial charge is 0.270 e. The summed E-state index contributed by atoms with van der Waals surface area (Å²) < 4.78 is 0. The predicted octanol–water partition coefficient (Wildman–Crippen LogP) is 2.29. The Morgan fingerprint density at radius 3 is 2.11 bits per heavy atom. The fraction of sp³-hybridized carbons (Fsp3) is 0. The minimum Gasteiger partial charge on any atom is -0.364 e. The summed E-state index contributed by atoms with van der Waals surface area (Å²) >= 11 is 10.7. The molecule has 98 valence electrons. The van der Waals surface area contributed by atoms with E-state index in [1.165, 1.54) is 18.5 Å². The first-order valence-corrected chi connectivity index (χ1v) is 5.78. The number of primary amides is 1. The van der Waals surface area contributed by atoms with Gasteiger partial charge in [-0.3, -0.25) is 19.6 Å². The van der Waals surface area contributed by atoms with Crippen LogP contribution in [-0.2, 0) is 0 Å². The molecular weight excluding hydrogens is 289 g/mol. The van der Waals surface area contributed by atoms with Crippen molar-refractivity contribution in [3.05, 3.63) is 59.1 Å². The van der Waals surface area contributed by atoms with Gasteiger partial charge in [-0.1, -0.05) is 17.7 Å². The third-order valence-electron chi connectivity index (χ3n) is 1.84. The number of hydrogen-bond donors (Lipinski definition) is 1. The Kier molecular flexibility index (Phi) is 5.92. The Hall–Kier alpha value is -1.98. The normalized spacial score (nSPS) is 9.16. The van der Waals surface area contributed by atoms with E-state index in [0.717, 1.165) is 0 Å². The molecule has 2 aromatic rings. The predicted molar refractivity (Wildman–Crippen MR) is 72.2 cm³/mol. The molecule has 7 heteroatoms. The van der Waals surface area contributed by atoms with Crippen LogP contribution in [0, 0.1) is 0 Å². The van der Waals surface area contributed by atoms with Crippen molar-refractivity contribution in [2.24, 2.45) is 5.73 Å². The number of halogens is 2. The van der Waals surface area contributed by atoms with Crippen molar-refractivity contribution in [3.63, 3.8) is 0 Å². The molecule has 0 bridgehead atoms. The number of amides is 1. The van der Waals surface area contributed by atoms with E-state index in [1.54, 1.807) is 24.3 Å². The van der Waals surface area contributed by atoms with Gasteiger partial charge in [-0.05, 0) is 35.9 Å². The zero-order chi connectivity index (χ0) is 14.3. The first kappa shape index (κ1) is 15.1. The molecule has 0 aliphatic heterocycles. The van der Waals surface area contributed by atoms with E-state index < -0.39 is 11.1 Å². The van der Waals surface area contributed by atoms with Gasteiger partial charge in [0.2, 0.25) is 0 Å². The molecule has 0 aliphatic carbocycles. The summed E-state index contributed by atoms with van der Waals surface area (Å²) in [5, 5.41) is -0.137. The minimum atomic E-state index is -0.595. The van der Waals surface area contributed by atoms with Gasteiger partial charge in [-0.2, -0.15) is 0 Å². The van der Waals surface area contributed by atoms with Gasteiger partial charge in [-0.15, -0.1) is 0 Å². The molecule has 0 fully saturated rings. The highest BCUT2D eigenvalue weighted by Gasteiger charge is 2.01. The molecule has 0 aliphatic rings. The van der Waals surface area contributed by atoms with Crippen LogP contribution in [0.2, 0.25) is 5.02 Å². The van der Waals surface area contributed by atoms with Crippen LogP contribution in [0.3, 0.4) is 0 Å². The van der Waals surface area contributed by atoms with Crippen molar-refractivity contribution in [2.45, 2.75) is 0 Å². The lowest BCUT2D eigenvalue weighted by Crippen LogP contribution is -2.12. The first-order valence-electron chi connectivity index (χ1n) is 5.03. The third-order valence-corrected chi connectivity index (χ3v) is 2.27. The lowest BCUT2D eigenvalue weighted by atomic mass is 10.3. The van der Waals surface area contributed by atoms with E-state index in [0.29, 0.717) is 10.7 Å². The Bertz CT molecular complexity index is 576. The molecule has 2 heterocycles. The van der Waals surface area contributed by atoms with Gasteiger partial charge < -0.3 is 5.73 Å². The summed E-state index contributed by atoms with van der Waals surface area (Å²) in [4.78, 5) is 28.2. The van der Waals surface area contributed by atoms with E-state index in [1.807, 2.05) is 0 Å². The molecule has 0 saturated heterocycles. The zero-order valence-electron chi connectivity index (χ0n) is 9.59. The maximum absolute atomic E-state index is 10.4. The van der Waals surface area contributed by atoms with Gasteiger partial charge in [0, 0.05) is 17.4 Å². The van der Waals surface area contributed by atoms with Crippen LogP contribution >= 0.6 is 23.2 Å². The number of carbonyl (C=O) groups is 2. The van der Waals surface area contributed by atoms with E-state index in [-0.39, 0.29) is 5.69 Å². The summed E-state index contributed by atoms with van der Waals surface area (Å²) in [5.41, 5.74) is 5.39. The maximum Gasteiger partial charge on any atom is 0.270 e. The highest BCUT2D eigenvalue weighted by atomic mass is 35.5. The number of rotatable bonds is 2. The fourth-order valence-electron chi connectivity index (χ4n) is 1.02. The molecule has 0 unspecified atom stereocenters. The van der Waals surface area contributed by atoms with Crippen LogP contribution in [0.25, 0.3) is 0 Å². The number of pyridine rings is 2. The molecule has 0 radical (unpaired) electrons. The highest BCUT2D eigenvalue weighted by Crippen LogP contribution is 2.09. The molecule has 2 rings (SSSR count). The number of nitrogens with zero attached hydrogens (tertiary/aromatic N) is 2. The van der Waals surface area contributed by atoms with Gasteiger partial charge in [-0.25, -0.2) is 0 Å². The van der Waals surface area contributed by atoms with E-state index in [2.05, 4.69) is 9.97 Å². The SMILES string of the molecule is NC(=O)c1ccccn1.O=C(Cl)c1cc(Cl)ccn1. The standard InChI is InChI=1S/C6H3Cl2NO.C6H6N2O/c7-4-1-2-9-5(3-4)6(8)10;7-6(9)5-3-1-2-4-8-5/h1-3H;1-4H,(H2,7,9). The van der Waals surface area contributed by atoms with Crippen LogP contribution in [0.15, 0.2) is 42.7 Å². The Morgan fingerprint density at radius 1 is 1.05 bits per heavy atom. The van der Waals surface area contributed by atoms with Gasteiger partial charge in [0.25, 0.3) is 11.1 Å². The van der Waals surface area contributed by atoms with E-state index in [9.17, 15) is 9.59 Å². The van der Waals surface area contributed by atoms with Crippen LogP contribution < -0.4 is 5.73 Å². The average molecular weight is 298 g/mol. The fourth-order valence-corrected chi connectivity index (χ4v) is 1.28. The van der Waals surface area contributed by atoms with Crippen LogP contribution in [-0.4, -0.2) is 21.1 Å². The Labute approximate surface area is 119 Å². The molecule has 0 spiro atoms. The topological polar surface area (TPSA) is 85.9 Å². The second kappa shape index (κ2) is 7.45. The molecule has 1 amide bonds. The molecular formula is C12H9Cl2N3O2. The maximum atomic E-state index is 10.4. The average Bonchev–Trinajstić information content (AvgIpc) is 2.40. The largest absolute Gasteiger partial charge is 0.364 e. The van der Waals surface area contributed by atoms with Crippen molar-refractivity contribution in [2.75, 3.05) is 0 Å². The van der Waals surface area contributed by atoms with Gasteiger partial charge in [0.05, 0.1) is 0 Å². The molecule has 0 saturated carbocycles. The Morgan fingerprint density at radius 2 is 1.74 bits per heavy atom. The molecule has 19 heavy (non-hydrogen) atoms. The minimum absolute atomic E-state index is 0.175. The highest BCUT2D eigenvalue weighted by molar-refractivity contribution is 6.67.